The number of halogens is 2. The van der Waals surface area contributed by atoms with Crippen molar-refractivity contribution >= 4 is 34.5 Å². The average Bonchev–Trinajstić information content (AvgIpc) is 2.87. The van der Waals surface area contributed by atoms with Crippen molar-refractivity contribution in [3.05, 3.63) is 50.4 Å². The Bertz CT molecular complexity index is 701. The van der Waals surface area contributed by atoms with Crippen LogP contribution in [-0.2, 0) is 11.2 Å². The van der Waals surface area contributed by atoms with Gasteiger partial charge in [0.15, 0.2) is 0 Å². The highest BCUT2D eigenvalue weighted by Gasteiger charge is 2.23. The van der Waals surface area contributed by atoms with E-state index in [9.17, 15) is 9.18 Å². The van der Waals surface area contributed by atoms with Crippen LogP contribution in [0.15, 0.2) is 24.3 Å². The van der Waals surface area contributed by atoms with Crippen LogP contribution >= 0.6 is 22.9 Å². The Hall–Kier alpha value is -1.43. The summed E-state index contributed by atoms with van der Waals surface area (Å²) in [6, 6.07) is 6.70. The van der Waals surface area contributed by atoms with Gasteiger partial charge in [-0.3, -0.25) is 4.79 Å². The molecule has 3 rings (SSSR count). The highest BCUT2D eigenvalue weighted by molar-refractivity contribution is 7.16. The molecule has 3 nitrogen and oxygen atoms in total. The SMILES string of the molecule is CNC(c1ccc(Cl)s1)c1cc2c(cc1F)NC(=O)CC2. The van der Waals surface area contributed by atoms with Gasteiger partial charge in [-0.25, -0.2) is 4.39 Å². The van der Waals surface area contributed by atoms with Crippen molar-refractivity contribution in [1.29, 1.82) is 0 Å². The Kier molecular flexibility index (Phi) is 3.97. The van der Waals surface area contributed by atoms with E-state index in [1.165, 1.54) is 17.4 Å². The van der Waals surface area contributed by atoms with E-state index >= 15 is 0 Å². The van der Waals surface area contributed by atoms with Gasteiger partial charge >= 0.3 is 0 Å². The first-order chi connectivity index (χ1) is 10.1. The third-order valence-corrected chi connectivity index (χ3v) is 4.89. The molecule has 2 aromatic rings. The number of thiophene rings is 1. The zero-order chi connectivity index (χ0) is 15.0. The first kappa shape index (κ1) is 14.5. The van der Waals surface area contributed by atoms with E-state index in [1.54, 1.807) is 7.05 Å². The fraction of sp³-hybridized carbons (Fsp3) is 0.267. The molecule has 1 unspecified atom stereocenters. The predicted octanol–water partition coefficient (Wildman–Crippen LogP) is 3.73. The molecule has 110 valence electrons. The van der Waals surface area contributed by atoms with Gasteiger partial charge < -0.3 is 10.6 Å². The molecule has 0 radical (unpaired) electrons. The summed E-state index contributed by atoms with van der Waals surface area (Å²) < 4.78 is 15.1. The molecule has 1 atom stereocenters. The molecule has 1 amide bonds. The minimum atomic E-state index is -0.333. The van der Waals surface area contributed by atoms with E-state index in [4.69, 9.17) is 11.6 Å². The number of fused-ring (bicyclic) bond motifs is 1. The van der Waals surface area contributed by atoms with Crippen molar-refractivity contribution in [2.24, 2.45) is 0 Å². The summed E-state index contributed by atoms with van der Waals surface area (Å²) in [6.45, 7) is 0. The van der Waals surface area contributed by atoms with Gasteiger partial charge in [0.2, 0.25) is 5.91 Å². The molecule has 1 aliphatic heterocycles. The number of nitrogens with one attached hydrogen (secondary N) is 2. The van der Waals surface area contributed by atoms with Gasteiger partial charge in [-0.2, -0.15) is 0 Å². The van der Waals surface area contributed by atoms with Crippen LogP contribution in [0, 0.1) is 5.82 Å². The highest BCUT2D eigenvalue weighted by atomic mass is 35.5. The molecule has 0 fully saturated rings. The fourth-order valence-corrected chi connectivity index (χ4v) is 3.77. The van der Waals surface area contributed by atoms with Crippen LogP contribution in [0.2, 0.25) is 4.34 Å². The summed E-state index contributed by atoms with van der Waals surface area (Å²) in [4.78, 5) is 12.3. The molecule has 0 spiro atoms. The standard InChI is InChI=1S/C15H14ClFN2OS/c1-18-15(12-3-4-13(16)21-12)9-6-8-2-5-14(20)19-11(8)7-10(9)17/h3-4,6-7,15,18H,2,5H2,1H3,(H,19,20). The molecule has 21 heavy (non-hydrogen) atoms. The van der Waals surface area contributed by atoms with Crippen molar-refractivity contribution in [2.75, 3.05) is 12.4 Å². The largest absolute Gasteiger partial charge is 0.326 e. The Morgan fingerprint density at radius 1 is 1.38 bits per heavy atom. The lowest BCUT2D eigenvalue weighted by Crippen LogP contribution is -2.22. The first-order valence-corrected chi connectivity index (χ1v) is 7.82. The Morgan fingerprint density at radius 2 is 2.19 bits per heavy atom. The molecular weight excluding hydrogens is 311 g/mol. The average molecular weight is 325 g/mol. The molecule has 6 heteroatoms. The second kappa shape index (κ2) is 5.75. The summed E-state index contributed by atoms with van der Waals surface area (Å²) in [5.41, 5.74) is 2.12. The van der Waals surface area contributed by atoms with Crippen LogP contribution in [0.3, 0.4) is 0 Å². The summed E-state index contributed by atoms with van der Waals surface area (Å²) >= 11 is 7.40. The molecule has 2 N–H and O–H groups in total. The molecule has 0 bridgehead atoms. The molecule has 1 aromatic carbocycles. The highest BCUT2D eigenvalue weighted by Crippen LogP contribution is 2.35. The second-order valence-electron chi connectivity index (χ2n) is 4.94. The van der Waals surface area contributed by atoms with Crippen molar-refractivity contribution in [2.45, 2.75) is 18.9 Å². The van der Waals surface area contributed by atoms with E-state index in [0.717, 1.165) is 10.4 Å². The van der Waals surface area contributed by atoms with E-state index in [0.29, 0.717) is 28.4 Å². The monoisotopic (exact) mass is 324 g/mol. The maximum Gasteiger partial charge on any atom is 0.224 e. The van der Waals surface area contributed by atoms with Crippen molar-refractivity contribution in [3.63, 3.8) is 0 Å². The molecular formula is C15H14ClFN2OS. The van der Waals surface area contributed by atoms with Gasteiger partial charge in [0, 0.05) is 22.5 Å². The van der Waals surface area contributed by atoms with Crippen molar-refractivity contribution < 1.29 is 9.18 Å². The van der Waals surface area contributed by atoms with Crippen molar-refractivity contribution in [3.8, 4) is 0 Å². The second-order valence-corrected chi connectivity index (χ2v) is 6.69. The molecule has 1 aliphatic rings. The van der Waals surface area contributed by atoms with Gasteiger partial charge in [0.05, 0.1) is 10.4 Å². The number of carbonyl (C=O) groups is 1. The predicted molar refractivity (Wildman–Crippen MR) is 83.6 cm³/mol. The summed E-state index contributed by atoms with van der Waals surface area (Å²) in [5.74, 6) is -0.398. The topological polar surface area (TPSA) is 41.1 Å². The van der Waals surface area contributed by atoms with Crippen LogP contribution in [0.25, 0.3) is 0 Å². The van der Waals surface area contributed by atoms with E-state index in [-0.39, 0.29) is 17.8 Å². The number of carbonyl (C=O) groups excluding carboxylic acids is 1. The lowest BCUT2D eigenvalue weighted by Gasteiger charge is -2.22. The molecule has 0 saturated carbocycles. The van der Waals surface area contributed by atoms with Crippen LogP contribution in [-0.4, -0.2) is 13.0 Å². The number of hydrogen-bond donors (Lipinski definition) is 2. The summed E-state index contributed by atoms with van der Waals surface area (Å²) in [5, 5.41) is 5.84. The number of aryl methyl sites for hydroxylation is 1. The van der Waals surface area contributed by atoms with Gasteiger partial charge in [0.1, 0.15) is 5.82 Å². The molecule has 0 saturated heterocycles. The third kappa shape index (κ3) is 2.81. The Morgan fingerprint density at radius 3 is 2.86 bits per heavy atom. The van der Waals surface area contributed by atoms with Gasteiger partial charge in [-0.05, 0) is 43.3 Å². The minimum absolute atomic E-state index is 0.0649. The van der Waals surface area contributed by atoms with E-state index in [2.05, 4.69) is 10.6 Å². The van der Waals surface area contributed by atoms with Crippen LogP contribution in [0.1, 0.15) is 28.5 Å². The molecule has 1 aromatic heterocycles. The number of rotatable bonds is 3. The zero-order valence-corrected chi connectivity index (χ0v) is 12.9. The van der Waals surface area contributed by atoms with E-state index < -0.39 is 0 Å². The maximum atomic E-state index is 14.4. The van der Waals surface area contributed by atoms with Gasteiger partial charge in [0.25, 0.3) is 0 Å². The molecule has 0 aliphatic carbocycles. The summed E-state index contributed by atoms with van der Waals surface area (Å²) in [7, 11) is 1.79. The van der Waals surface area contributed by atoms with Crippen LogP contribution < -0.4 is 10.6 Å². The van der Waals surface area contributed by atoms with Gasteiger partial charge in [-0.15, -0.1) is 11.3 Å². The third-order valence-electron chi connectivity index (χ3n) is 3.60. The quantitative estimate of drug-likeness (QED) is 0.903. The summed E-state index contributed by atoms with van der Waals surface area (Å²) in [6.07, 6.45) is 1.07. The number of hydrogen-bond acceptors (Lipinski definition) is 3. The Labute approximate surface area is 131 Å². The molecule has 2 heterocycles. The first-order valence-electron chi connectivity index (χ1n) is 6.63. The number of anilines is 1. The maximum absolute atomic E-state index is 14.4. The smallest absolute Gasteiger partial charge is 0.224 e. The fourth-order valence-electron chi connectivity index (χ4n) is 2.58. The minimum Gasteiger partial charge on any atom is -0.326 e. The number of benzene rings is 1. The number of amides is 1. The van der Waals surface area contributed by atoms with Crippen molar-refractivity contribution in [1.82, 2.24) is 5.32 Å². The van der Waals surface area contributed by atoms with E-state index in [1.807, 2.05) is 18.2 Å². The lowest BCUT2D eigenvalue weighted by atomic mass is 9.96. The van der Waals surface area contributed by atoms with Crippen LogP contribution in [0.5, 0.6) is 0 Å². The lowest BCUT2D eigenvalue weighted by molar-refractivity contribution is -0.116. The van der Waals surface area contributed by atoms with Crippen LogP contribution in [0.4, 0.5) is 10.1 Å². The van der Waals surface area contributed by atoms with Gasteiger partial charge in [-0.1, -0.05) is 11.6 Å². The zero-order valence-electron chi connectivity index (χ0n) is 11.4. The Balaban J connectivity index is 2.03. The normalized spacial score (nSPS) is 15.5.